The molecule has 0 bridgehead atoms. The minimum absolute atomic E-state index is 0.301. The zero-order valence-corrected chi connectivity index (χ0v) is 9.61. The summed E-state index contributed by atoms with van der Waals surface area (Å²) >= 11 is 0. The molecule has 0 fully saturated rings. The van der Waals surface area contributed by atoms with E-state index < -0.39 is 11.6 Å². The van der Waals surface area contributed by atoms with Crippen molar-refractivity contribution in [3.8, 4) is 11.3 Å². The second kappa shape index (κ2) is 4.49. The predicted octanol–water partition coefficient (Wildman–Crippen LogP) is 3.09. The van der Waals surface area contributed by atoms with Crippen LogP contribution in [0.2, 0.25) is 0 Å². The van der Waals surface area contributed by atoms with Crippen molar-refractivity contribution in [2.24, 2.45) is 0 Å². The summed E-state index contributed by atoms with van der Waals surface area (Å²) in [4.78, 5) is 5.99. The quantitative estimate of drug-likeness (QED) is 0.793. The highest BCUT2D eigenvalue weighted by Crippen LogP contribution is 2.24. The summed E-state index contributed by atoms with van der Waals surface area (Å²) < 4.78 is 26.4. The topological polar surface area (TPSA) is 16.1 Å². The van der Waals surface area contributed by atoms with E-state index in [0.717, 1.165) is 11.8 Å². The lowest BCUT2D eigenvalue weighted by Crippen LogP contribution is -2.08. The lowest BCUT2D eigenvalue weighted by molar-refractivity contribution is 0.585. The number of nitrogens with zero attached hydrogens (tertiary/aromatic N) is 2. The summed E-state index contributed by atoms with van der Waals surface area (Å²) in [7, 11) is 3.78. The van der Waals surface area contributed by atoms with Crippen molar-refractivity contribution in [1.82, 2.24) is 4.98 Å². The first-order valence-electron chi connectivity index (χ1n) is 5.17. The molecule has 0 amide bonds. The highest BCUT2D eigenvalue weighted by molar-refractivity contribution is 5.64. The minimum atomic E-state index is -0.603. The van der Waals surface area contributed by atoms with Crippen LogP contribution in [0, 0.1) is 11.6 Å². The van der Waals surface area contributed by atoms with Gasteiger partial charge in [0.1, 0.15) is 11.6 Å². The Balaban J connectivity index is 2.49. The van der Waals surface area contributed by atoms with Crippen LogP contribution in [-0.4, -0.2) is 19.1 Å². The second-order valence-electron chi connectivity index (χ2n) is 3.92. The van der Waals surface area contributed by atoms with E-state index in [9.17, 15) is 8.78 Å². The van der Waals surface area contributed by atoms with Gasteiger partial charge in [-0.2, -0.15) is 0 Å². The maximum atomic E-state index is 13.6. The van der Waals surface area contributed by atoms with Crippen LogP contribution in [0.3, 0.4) is 0 Å². The highest BCUT2D eigenvalue weighted by atomic mass is 19.1. The monoisotopic (exact) mass is 234 g/mol. The van der Waals surface area contributed by atoms with Gasteiger partial charge in [-0.05, 0) is 24.3 Å². The number of rotatable bonds is 2. The number of halogens is 2. The number of aromatic nitrogens is 1. The van der Waals surface area contributed by atoms with Crippen LogP contribution >= 0.6 is 0 Å². The van der Waals surface area contributed by atoms with Crippen molar-refractivity contribution >= 4 is 5.69 Å². The summed E-state index contributed by atoms with van der Waals surface area (Å²) in [6.45, 7) is 0. The van der Waals surface area contributed by atoms with Gasteiger partial charge >= 0.3 is 0 Å². The molecule has 1 aromatic heterocycles. The van der Waals surface area contributed by atoms with E-state index in [1.807, 2.05) is 25.1 Å². The fourth-order valence-electron chi connectivity index (χ4n) is 1.54. The normalized spacial score (nSPS) is 10.4. The molecule has 0 spiro atoms. The Kier molecular flexibility index (Phi) is 3.04. The van der Waals surface area contributed by atoms with Gasteiger partial charge in [0, 0.05) is 37.6 Å². The summed E-state index contributed by atoms with van der Waals surface area (Å²) in [5.41, 5.74) is 1.71. The van der Waals surface area contributed by atoms with Crippen molar-refractivity contribution < 1.29 is 8.78 Å². The summed E-state index contributed by atoms with van der Waals surface area (Å²) in [6, 6.07) is 7.06. The van der Waals surface area contributed by atoms with E-state index in [1.165, 1.54) is 12.1 Å². The molecule has 0 aliphatic rings. The van der Waals surface area contributed by atoms with Gasteiger partial charge in [0.15, 0.2) is 0 Å². The largest absolute Gasteiger partial charge is 0.378 e. The van der Waals surface area contributed by atoms with Crippen molar-refractivity contribution in [1.29, 1.82) is 0 Å². The molecule has 2 rings (SSSR count). The van der Waals surface area contributed by atoms with Crippen molar-refractivity contribution in [2.45, 2.75) is 0 Å². The molecule has 88 valence electrons. The molecule has 1 aromatic carbocycles. The Morgan fingerprint density at radius 2 is 1.82 bits per heavy atom. The van der Waals surface area contributed by atoms with Crippen molar-refractivity contribution in [2.75, 3.05) is 19.0 Å². The van der Waals surface area contributed by atoms with E-state index >= 15 is 0 Å². The molecule has 0 saturated carbocycles. The van der Waals surface area contributed by atoms with Crippen LogP contribution in [-0.2, 0) is 0 Å². The van der Waals surface area contributed by atoms with E-state index in [2.05, 4.69) is 4.98 Å². The van der Waals surface area contributed by atoms with E-state index in [4.69, 9.17) is 0 Å². The Hall–Kier alpha value is -1.97. The molecule has 2 nitrogen and oxygen atoms in total. The van der Waals surface area contributed by atoms with Crippen LogP contribution in [0.15, 0.2) is 36.5 Å². The van der Waals surface area contributed by atoms with Gasteiger partial charge in [0.25, 0.3) is 0 Å². The molecule has 0 aliphatic carbocycles. The maximum Gasteiger partial charge on any atom is 0.135 e. The van der Waals surface area contributed by atoms with Gasteiger partial charge in [-0.1, -0.05) is 0 Å². The zero-order chi connectivity index (χ0) is 12.4. The Labute approximate surface area is 98.5 Å². The van der Waals surface area contributed by atoms with E-state index in [-0.39, 0.29) is 0 Å². The molecule has 2 aromatic rings. The molecule has 0 aliphatic heterocycles. The molecule has 1 heterocycles. The molecule has 0 atom stereocenters. The molecular formula is C13H12F2N2. The third-order valence-corrected chi connectivity index (χ3v) is 2.47. The Bertz CT molecular complexity index is 539. The van der Waals surface area contributed by atoms with Crippen molar-refractivity contribution in [3.63, 3.8) is 0 Å². The first-order valence-corrected chi connectivity index (χ1v) is 5.17. The first kappa shape index (κ1) is 11.5. The van der Waals surface area contributed by atoms with Crippen LogP contribution in [0.1, 0.15) is 0 Å². The van der Waals surface area contributed by atoms with Crippen molar-refractivity contribution in [3.05, 3.63) is 48.2 Å². The highest BCUT2D eigenvalue weighted by Gasteiger charge is 2.08. The maximum absolute atomic E-state index is 13.6. The lowest BCUT2D eigenvalue weighted by atomic mass is 10.1. The predicted molar refractivity (Wildman–Crippen MR) is 63.9 cm³/mol. The van der Waals surface area contributed by atoms with E-state index in [1.54, 1.807) is 12.3 Å². The minimum Gasteiger partial charge on any atom is -0.378 e. The smallest absolute Gasteiger partial charge is 0.135 e. The fourth-order valence-corrected chi connectivity index (χ4v) is 1.54. The molecule has 17 heavy (non-hydrogen) atoms. The van der Waals surface area contributed by atoms with Gasteiger partial charge in [-0.15, -0.1) is 0 Å². The SMILES string of the molecule is CN(C)c1ccnc(-c2ccc(F)cc2F)c1. The molecular weight excluding hydrogens is 222 g/mol. The van der Waals surface area contributed by atoms with Gasteiger partial charge < -0.3 is 4.90 Å². The number of hydrogen-bond acceptors (Lipinski definition) is 2. The fraction of sp³-hybridized carbons (Fsp3) is 0.154. The lowest BCUT2D eigenvalue weighted by Gasteiger charge is -2.13. The second-order valence-corrected chi connectivity index (χ2v) is 3.92. The summed E-state index contributed by atoms with van der Waals surface area (Å²) in [5.74, 6) is -1.19. The van der Waals surface area contributed by atoms with Crippen LogP contribution in [0.4, 0.5) is 14.5 Å². The molecule has 0 saturated heterocycles. The van der Waals surface area contributed by atoms with Gasteiger partial charge in [-0.25, -0.2) is 8.78 Å². The van der Waals surface area contributed by atoms with Crippen LogP contribution in [0.5, 0.6) is 0 Å². The first-order chi connectivity index (χ1) is 8.08. The molecule has 0 radical (unpaired) electrons. The third kappa shape index (κ3) is 2.41. The number of anilines is 1. The molecule has 0 unspecified atom stereocenters. The van der Waals surface area contributed by atoms with Gasteiger partial charge in [0.2, 0.25) is 0 Å². The average molecular weight is 234 g/mol. The molecule has 0 N–H and O–H groups in total. The summed E-state index contributed by atoms with van der Waals surface area (Å²) in [5, 5.41) is 0. The average Bonchev–Trinajstić information content (AvgIpc) is 2.29. The third-order valence-electron chi connectivity index (χ3n) is 2.47. The standard InChI is InChI=1S/C13H12F2N2/c1-17(2)10-5-6-16-13(8-10)11-4-3-9(14)7-12(11)15/h3-8H,1-2H3. The Morgan fingerprint density at radius 1 is 1.06 bits per heavy atom. The van der Waals surface area contributed by atoms with Gasteiger partial charge in [-0.3, -0.25) is 4.98 Å². The number of benzene rings is 1. The number of hydrogen-bond donors (Lipinski definition) is 0. The Morgan fingerprint density at radius 3 is 2.47 bits per heavy atom. The zero-order valence-electron chi connectivity index (χ0n) is 9.61. The van der Waals surface area contributed by atoms with E-state index in [0.29, 0.717) is 11.3 Å². The molecule has 4 heteroatoms. The van der Waals surface area contributed by atoms with Crippen LogP contribution < -0.4 is 4.90 Å². The summed E-state index contributed by atoms with van der Waals surface area (Å²) in [6.07, 6.45) is 1.60. The van der Waals surface area contributed by atoms with Gasteiger partial charge in [0.05, 0.1) is 5.69 Å². The number of pyridine rings is 1. The van der Waals surface area contributed by atoms with Crippen LogP contribution in [0.25, 0.3) is 11.3 Å².